The fourth-order valence-corrected chi connectivity index (χ4v) is 4.31. The van der Waals surface area contributed by atoms with Crippen LogP contribution in [0.1, 0.15) is 12.8 Å². The van der Waals surface area contributed by atoms with Crippen molar-refractivity contribution in [3.8, 4) is 0 Å². The van der Waals surface area contributed by atoms with E-state index in [-0.39, 0.29) is 0 Å². The van der Waals surface area contributed by atoms with Crippen molar-refractivity contribution in [3.05, 3.63) is 42.5 Å². The Morgan fingerprint density at radius 1 is 1.12 bits per heavy atom. The van der Waals surface area contributed by atoms with E-state index in [2.05, 4.69) is 42.5 Å². The molecule has 1 fully saturated rings. The second-order valence-corrected chi connectivity index (χ2v) is 7.08. The van der Waals surface area contributed by atoms with Crippen molar-refractivity contribution in [1.82, 2.24) is 0 Å². The van der Waals surface area contributed by atoms with Gasteiger partial charge in [0.15, 0.2) is 0 Å². The van der Waals surface area contributed by atoms with Gasteiger partial charge in [0.2, 0.25) is 0 Å². The van der Waals surface area contributed by atoms with E-state index in [4.69, 9.17) is 4.74 Å². The van der Waals surface area contributed by atoms with Gasteiger partial charge in [0.1, 0.15) is 0 Å². The van der Waals surface area contributed by atoms with E-state index in [1.54, 1.807) is 0 Å². The molecule has 17 heavy (non-hydrogen) atoms. The first-order valence-electron chi connectivity index (χ1n) is 6.36. The van der Waals surface area contributed by atoms with Crippen LogP contribution in [0.25, 0.3) is 0 Å². The molecule has 1 aromatic carbocycles. The van der Waals surface area contributed by atoms with Gasteiger partial charge in [-0.1, -0.05) is 0 Å². The van der Waals surface area contributed by atoms with Crippen LogP contribution in [0.15, 0.2) is 42.5 Å². The minimum absolute atomic E-state index is 0.481. The average Bonchev–Trinajstić information content (AvgIpc) is 2.98. The molecule has 0 N–H and O–H groups in total. The zero-order valence-electron chi connectivity index (χ0n) is 9.92. The normalized spacial score (nSPS) is 30.0. The van der Waals surface area contributed by atoms with Crippen LogP contribution in [0.5, 0.6) is 0 Å². The molecular weight excluding hydrogens is 275 g/mol. The van der Waals surface area contributed by atoms with Crippen LogP contribution in [0.2, 0.25) is 0 Å². The molecule has 1 nitrogen and oxygen atoms in total. The van der Waals surface area contributed by atoms with E-state index in [0.29, 0.717) is 15.0 Å². The van der Waals surface area contributed by atoms with Crippen LogP contribution in [-0.2, 0) is 4.74 Å². The summed E-state index contributed by atoms with van der Waals surface area (Å²) in [7, 11) is 0. The van der Waals surface area contributed by atoms with Crippen LogP contribution in [-0.4, -0.2) is 27.1 Å². The minimum atomic E-state index is 0.481. The Hall–Kier alpha value is -0.561. The summed E-state index contributed by atoms with van der Waals surface area (Å²) in [4.78, 5) is 0. The molecule has 90 valence electrons. The van der Waals surface area contributed by atoms with Gasteiger partial charge in [0.25, 0.3) is 0 Å². The Kier molecular flexibility index (Phi) is 3.65. The molecule has 3 rings (SSSR count). The summed E-state index contributed by atoms with van der Waals surface area (Å²) < 4.78 is 7.31. The molecule has 0 radical (unpaired) electrons. The summed E-state index contributed by atoms with van der Waals surface area (Å²) in [5.74, 6) is 2.49. The van der Waals surface area contributed by atoms with Crippen molar-refractivity contribution >= 4 is 19.4 Å². The number of benzene rings is 1. The van der Waals surface area contributed by atoms with Crippen molar-refractivity contribution in [2.45, 2.75) is 12.8 Å². The van der Waals surface area contributed by atoms with Gasteiger partial charge in [-0.05, 0) is 0 Å². The van der Waals surface area contributed by atoms with Gasteiger partial charge in [-0.15, -0.1) is 0 Å². The van der Waals surface area contributed by atoms with Crippen molar-refractivity contribution in [1.29, 1.82) is 0 Å². The van der Waals surface area contributed by atoms with Crippen LogP contribution < -0.4 is 4.46 Å². The molecule has 0 heterocycles. The summed E-state index contributed by atoms with van der Waals surface area (Å²) in [5, 5.41) is 0. The quantitative estimate of drug-likeness (QED) is 0.459. The van der Waals surface area contributed by atoms with E-state index < -0.39 is 0 Å². The maximum atomic E-state index is 5.87. The monoisotopic (exact) mass is 294 g/mol. The van der Waals surface area contributed by atoms with Gasteiger partial charge in [-0.3, -0.25) is 0 Å². The van der Waals surface area contributed by atoms with Crippen molar-refractivity contribution < 1.29 is 4.74 Å². The van der Waals surface area contributed by atoms with Gasteiger partial charge in [0, 0.05) is 0 Å². The molecule has 1 aromatic rings. The molecule has 2 heteroatoms. The molecular formula is C15H18OSe. The van der Waals surface area contributed by atoms with Crippen molar-refractivity contribution in [2.24, 2.45) is 17.8 Å². The first kappa shape index (κ1) is 11.5. The second-order valence-electron chi connectivity index (χ2n) is 4.99. The number of rotatable bonds is 5. The zero-order chi connectivity index (χ0) is 11.5. The molecule has 0 unspecified atom stereocenters. The van der Waals surface area contributed by atoms with Crippen LogP contribution >= 0.6 is 0 Å². The van der Waals surface area contributed by atoms with Gasteiger partial charge in [0.05, 0.1) is 0 Å². The Morgan fingerprint density at radius 2 is 2.00 bits per heavy atom. The summed E-state index contributed by atoms with van der Waals surface area (Å²) in [6.45, 7) is 0.972. The molecule has 2 aliphatic rings. The molecule has 0 aliphatic heterocycles. The Labute approximate surface area is 109 Å². The van der Waals surface area contributed by atoms with Crippen molar-refractivity contribution in [2.75, 3.05) is 12.1 Å². The Bertz CT molecular complexity index is 387. The van der Waals surface area contributed by atoms with E-state index in [1.165, 1.54) is 17.3 Å². The summed E-state index contributed by atoms with van der Waals surface area (Å²) in [6.07, 6.45) is 7.55. The van der Waals surface area contributed by atoms with Gasteiger partial charge in [-0.2, -0.15) is 0 Å². The predicted octanol–water partition coefficient (Wildman–Crippen LogP) is 2.20. The number of ether oxygens (including phenoxy) is 1. The van der Waals surface area contributed by atoms with Gasteiger partial charge < -0.3 is 0 Å². The fraction of sp³-hybridized carbons (Fsp3) is 0.467. The fourth-order valence-electron chi connectivity index (χ4n) is 2.91. The number of hydrogen-bond acceptors (Lipinski definition) is 1. The van der Waals surface area contributed by atoms with E-state index in [0.717, 1.165) is 29.9 Å². The van der Waals surface area contributed by atoms with Crippen LogP contribution in [0, 0.1) is 17.8 Å². The standard InChI is InChI=1S/C15H18OSe/c1-2-4-15(5-3-1)17-11-16-10-14-9-12-6-7-13(14)8-12/h1-7,12-14H,8-11H2/t12-,13+,14+/m0/s1. The SMILES string of the molecule is C1=C[C@@H]2C[C@H]1C[C@@H]2COC[Se]c1ccccc1. The van der Waals surface area contributed by atoms with Gasteiger partial charge >= 0.3 is 109 Å². The van der Waals surface area contributed by atoms with E-state index >= 15 is 0 Å². The third kappa shape index (κ3) is 2.82. The van der Waals surface area contributed by atoms with E-state index in [1.807, 2.05) is 0 Å². The maximum absolute atomic E-state index is 5.87. The summed E-state index contributed by atoms with van der Waals surface area (Å²) in [6, 6.07) is 10.7. The predicted molar refractivity (Wildman–Crippen MR) is 71.5 cm³/mol. The molecule has 1 saturated carbocycles. The topological polar surface area (TPSA) is 9.23 Å². The molecule has 0 amide bonds. The Balaban J connectivity index is 1.37. The van der Waals surface area contributed by atoms with Crippen LogP contribution in [0.3, 0.4) is 0 Å². The molecule has 2 aliphatic carbocycles. The van der Waals surface area contributed by atoms with Gasteiger partial charge in [-0.25, -0.2) is 0 Å². The average molecular weight is 293 g/mol. The third-order valence-electron chi connectivity index (χ3n) is 3.80. The molecule has 3 atom stereocenters. The Morgan fingerprint density at radius 3 is 2.71 bits per heavy atom. The summed E-state index contributed by atoms with van der Waals surface area (Å²) >= 11 is 0.481. The molecule has 0 aromatic heterocycles. The molecule has 0 spiro atoms. The second kappa shape index (κ2) is 5.39. The first-order chi connectivity index (χ1) is 8.42. The first-order valence-corrected chi connectivity index (χ1v) is 8.42. The van der Waals surface area contributed by atoms with E-state index in [9.17, 15) is 0 Å². The number of fused-ring (bicyclic) bond motifs is 2. The zero-order valence-corrected chi connectivity index (χ0v) is 11.6. The summed E-state index contributed by atoms with van der Waals surface area (Å²) in [5.41, 5.74) is 0.925. The van der Waals surface area contributed by atoms with Crippen LogP contribution in [0.4, 0.5) is 0 Å². The molecule has 2 bridgehead atoms. The number of allylic oxidation sites excluding steroid dienone is 2. The number of hydrogen-bond donors (Lipinski definition) is 0. The molecule has 0 saturated heterocycles. The van der Waals surface area contributed by atoms with Crippen molar-refractivity contribution in [3.63, 3.8) is 0 Å². The third-order valence-corrected chi connectivity index (χ3v) is 5.67.